The number of benzene rings is 1. The number of hydrogen-bond donors (Lipinski definition) is 0. The largest absolute Gasteiger partial charge is 0.416 e. The number of pyridine rings is 1. The van der Waals surface area contributed by atoms with E-state index in [9.17, 15) is 13.2 Å². The Labute approximate surface area is 117 Å². The Morgan fingerprint density at radius 3 is 2.35 bits per heavy atom. The van der Waals surface area contributed by atoms with E-state index in [1.807, 2.05) is 0 Å². The van der Waals surface area contributed by atoms with Crippen molar-refractivity contribution in [3.63, 3.8) is 0 Å². The summed E-state index contributed by atoms with van der Waals surface area (Å²) in [6, 6.07) is 8.37. The summed E-state index contributed by atoms with van der Waals surface area (Å²) in [4.78, 5) is 4.32. The van der Waals surface area contributed by atoms with Crippen molar-refractivity contribution in [1.29, 1.82) is 0 Å². The molecule has 0 atom stereocenters. The fourth-order valence-corrected chi connectivity index (χ4v) is 2.16. The standard InChI is InChI=1S/C14H8ClF3N2/c15-11-2-1-7-20-8-12(19-13(11)20)9-3-5-10(6-4-9)14(16,17)18/h1-8H. The van der Waals surface area contributed by atoms with Crippen LogP contribution in [0.5, 0.6) is 0 Å². The second kappa shape index (κ2) is 4.52. The van der Waals surface area contributed by atoms with Crippen molar-refractivity contribution in [2.24, 2.45) is 0 Å². The van der Waals surface area contributed by atoms with Gasteiger partial charge in [0.15, 0.2) is 5.65 Å². The minimum absolute atomic E-state index is 0.491. The maximum Gasteiger partial charge on any atom is 0.416 e. The maximum absolute atomic E-state index is 12.5. The molecule has 0 aliphatic heterocycles. The van der Waals surface area contributed by atoms with Gasteiger partial charge in [-0.05, 0) is 24.3 Å². The van der Waals surface area contributed by atoms with Crippen LogP contribution in [0.4, 0.5) is 13.2 Å². The van der Waals surface area contributed by atoms with Crippen molar-refractivity contribution in [3.05, 3.63) is 59.4 Å². The highest BCUT2D eigenvalue weighted by Gasteiger charge is 2.30. The lowest BCUT2D eigenvalue weighted by Gasteiger charge is -2.06. The molecule has 20 heavy (non-hydrogen) atoms. The topological polar surface area (TPSA) is 17.3 Å². The van der Waals surface area contributed by atoms with Gasteiger partial charge >= 0.3 is 6.18 Å². The average Bonchev–Trinajstić information content (AvgIpc) is 2.83. The van der Waals surface area contributed by atoms with E-state index in [0.717, 1.165) is 12.1 Å². The summed E-state index contributed by atoms with van der Waals surface area (Å²) in [6.45, 7) is 0. The first-order chi connectivity index (χ1) is 9.45. The molecule has 0 spiro atoms. The van der Waals surface area contributed by atoms with E-state index in [0.29, 0.717) is 21.9 Å². The number of hydrogen-bond acceptors (Lipinski definition) is 1. The van der Waals surface area contributed by atoms with Gasteiger partial charge in [0.2, 0.25) is 0 Å². The summed E-state index contributed by atoms with van der Waals surface area (Å²) in [5.74, 6) is 0. The molecule has 0 aliphatic rings. The van der Waals surface area contributed by atoms with Gasteiger partial charge in [-0.2, -0.15) is 13.2 Å². The third kappa shape index (κ3) is 2.25. The SMILES string of the molecule is FC(F)(F)c1ccc(-c2cn3cccc(Cl)c3n2)cc1. The summed E-state index contributed by atoms with van der Waals surface area (Å²) < 4.78 is 39.2. The molecule has 0 aliphatic carbocycles. The minimum Gasteiger partial charge on any atom is -0.305 e. The summed E-state index contributed by atoms with van der Waals surface area (Å²) in [7, 11) is 0. The van der Waals surface area contributed by atoms with Gasteiger partial charge in [0.1, 0.15) is 0 Å². The summed E-state index contributed by atoms with van der Waals surface area (Å²) in [6.07, 6.45) is -0.827. The Hall–Kier alpha value is -2.01. The lowest BCUT2D eigenvalue weighted by Crippen LogP contribution is -2.03. The van der Waals surface area contributed by atoms with Crippen molar-refractivity contribution in [2.45, 2.75) is 6.18 Å². The Morgan fingerprint density at radius 2 is 1.75 bits per heavy atom. The first-order valence-electron chi connectivity index (χ1n) is 5.76. The third-order valence-corrected chi connectivity index (χ3v) is 3.24. The molecule has 6 heteroatoms. The van der Waals surface area contributed by atoms with E-state index in [1.54, 1.807) is 28.9 Å². The number of halogens is 4. The Balaban J connectivity index is 2.05. The van der Waals surface area contributed by atoms with Gasteiger partial charge < -0.3 is 4.40 Å². The molecular weight excluding hydrogens is 289 g/mol. The molecule has 0 N–H and O–H groups in total. The van der Waals surface area contributed by atoms with E-state index in [1.165, 1.54) is 12.1 Å². The van der Waals surface area contributed by atoms with Gasteiger partial charge in [-0.25, -0.2) is 4.98 Å². The van der Waals surface area contributed by atoms with Crippen molar-refractivity contribution in [1.82, 2.24) is 9.38 Å². The zero-order chi connectivity index (χ0) is 14.3. The van der Waals surface area contributed by atoms with Crippen LogP contribution in [0.2, 0.25) is 5.02 Å². The number of fused-ring (bicyclic) bond motifs is 1. The highest BCUT2D eigenvalue weighted by Crippen LogP contribution is 2.31. The molecule has 0 saturated carbocycles. The molecular formula is C14H8ClF3N2. The van der Waals surface area contributed by atoms with Crippen LogP contribution < -0.4 is 0 Å². The molecule has 3 aromatic rings. The van der Waals surface area contributed by atoms with Crippen LogP contribution in [0.1, 0.15) is 5.56 Å². The van der Waals surface area contributed by atoms with Crippen LogP contribution in [0.25, 0.3) is 16.9 Å². The molecule has 0 unspecified atom stereocenters. The summed E-state index contributed by atoms with van der Waals surface area (Å²) in [5.41, 5.74) is 1.08. The van der Waals surface area contributed by atoms with Gasteiger partial charge in [0.05, 0.1) is 16.3 Å². The quantitative estimate of drug-likeness (QED) is 0.637. The lowest BCUT2D eigenvalue weighted by atomic mass is 10.1. The van der Waals surface area contributed by atoms with Crippen LogP contribution in [0.3, 0.4) is 0 Å². The average molecular weight is 297 g/mol. The zero-order valence-corrected chi connectivity index (χ0v) is 10.8. The molecule has 0 amide bonds. The molecule has 2 aromatic heterocycles. The lowest BCUT2D eigenvalue weighted by molar-refractivity contribution is -0.137. The van der Waals surface area contributed by atoms with Gasteiger partial charge in [-0.1, -0.05) is 23.7 Å². The molecule has 0 fully saturated rings. The molecule has 1 aromatic carbocycles. The fraction of sp³-hybridized carbons (Fsp3) is 0.0714. The van der Waals surface area contributed by atoms with Gasteiger partial charge in [-0.3, -0.25) is 0 Å². The molecule has 2 heterocycles. The van der Waals surface area contributed by atoms with E-state index in [2.05, 4.69) is 4.98 Å². The summed E-state index contributed by atoms with van der Waals surface area (Å²) >= 11 is 6.01. The zero-order valence-electron chi connectivity index (χ0n) is 10.0. The smallest absolute Gasteiger partial charge is 0.305 e. The van der Waals surface area contributed by atoms with E-state index in [-0.39, 0.29) is 0 Å². The van der Waals surface area contributed by atoms with Crippen LogP contribution in [0.15, 0.2) is 48.8 Å². The van der Waals surface area contributed by atoms with E-state index >= 15 is 0 Å². The Kier molecular flexibility index (Phi) is 2.94. The third-order valence-electron chi connectivity index (χ3n) is 2.94. The molecule has 3 rings (SSSR count). The molecule has 0 saturated heterocycles. The first kappa shape index (κ1) is 13.0. The van der Waals surface area contributed by atoms with Crippen LogP contribution >= 0.6 is 11.6 Å². The van der Waals surface area contributed by atoms with Crippen molar-refractivity contribution >= 4 is 17.2 Å². The second-order valence-corrected chi connectivity index (χ2v) is 4.70. The molecule has 0 bridgehead atoms. The van der Waals surface area contributed by atoms with Gasteiger partial charge in [0.25, 0.3) is 0 Å². The minimum atomic E-state index is -4.33. The number of aromatic nitrogens is 2. The van der Waals surface area contributed by atoms with E-state index in [4.69, 9.17) is 11.6 Å². The van der Waals surface area contributed by atoms with Gasteiger partial charge in [-0.15, -0.1) is 0 Å². The maximum atomic E-state index is 12.5. The van der Waals surface area contributed by atoms with Crippen LogP contribution in [-0.4, -0.2) is 9.38 Å². The predicted molar refractivity (Wildman–Crippen MR) is 70.6 cm³/mol. The molecule has 0 radical (unpaired) electrons. The van der Waals surface area contributed by atoms with Crippen LogP contribution in [0, 0.1) is 0 Å². The number of nitrogens with zero attached hydrogens (tertiary/aromatic N) is 2. The van der Waals surface area contributed by atoms with Gasteiger partial charge in [0, 0.05) is 18.0 Å². The number of alkyl halides is 3. The first-order valence-corrected chi connectivity index (χ1v) is 6.14. The molecule has 102 valence electrons. The van der Waals surface area contributed by atoms with Crippen molar-refractivity contribution in [2.75, 3.05) is 0 Å². The van der Waals surface area contributed by atoms with E-state index < -0.39 is 11.7 Å². The number of rotatable bonds is 1. The fourth-order valence-electron chi connectivity index (χ4n) is 1.95. The van der Waals surface area contributed by atoms with Crippen molar-refractivity contribution < 1.29 is 13.2 Å². The normalized spacial score (nSPS) is 12.0. The predicted octanol–water partition coefficient (Wildman–Crippen LogP) is 4.67. The highest BCUT2D eigenvalue weighted by molar-refractivity contribution is 6.33. The van der Waals surface area contributed by atoms with Crippen molar-refractivity contribution in [3.8, 4) is 11.3 Å². The number of imidazole rings is 1. The Bertz CT molecular complexity index is 760. The second-order valence-electron chi connectivity index (χ2n) is 4.29. The monoisotopic (exact) mass is 296 g/mol. The Morgan fingerprint density at radius 1 is 1.05 bits per heavy atom. The van der Waals surface area contributed by atoms with Crippen LogP contribution in [-0.2, 0) is 6.18 Å². The highest BCUT2D eigenvalue weighted by atomic mass is 35.5. The molecule has 2 nitrogen and oxygen atoms in total. The summed E-state index contributed by atoms with van der Waals surface area (Å²) in [5, 5.41) is 0.491.